The molecule has 0 spiro atoms. The van der Waals surface area contributed by atoms with Gasteiger partial charge in [-0.1, -0.05) is 31.5 Å². The number of unbranched alkanes of at least 4 members (excludes halogenated alkanes) is 1. The highest BCUT2D eigenvalue weighted by molar-refractivity contribution is 5.76. The molecule has 0 unspecified atom stereocenters. The van der Waals surface area contributed by atoms with Crippen LogP contribution in [0.2, 0.25) is 0 Å². The molecule has 0 fully saturated rings. The molecule has 0 atom stereocenters. The molecular formula is C21H25F3N2O2. The fourth-order valence-corrected chi connectivity index (χ4v) is 2.79. The quantitative estimate of drug-likeness (QED) is 0.514. The Labute approximate surface area is 162 Å². The molecule has 7 heteroatoms. The lowest BCUT2D eigenvalue weighted by atomic mass is 9.85. The largest absolute Gasteiger partial charge is 0.465 e. The molecule has 2 aromatic rings. The number of ether oxygens (including phenoxy) is 1. The predicted octanol–water partition coefficient (Wildman–Crippen LogP) is 5.26. The van der Waals surface area contributed by atoms with Gasteiger partial charge in [-0.2, -0.15) is 13.2 Å². The van der Waals surface area contributed by atoms with Gasteiger partial charge in [0, 0.05) is 5.56 Å². The first kappa shape index (κ1) is 21.7. The van der Waals surface area contributed by atoms with Crippen LogP contribution in [0.25, 0.3) is 11.3 Å². The maximum absolute atomic E-state index is 13.0. The zero-order chi connectivity index (χ0) is 20.9. The van der Waals surface area contributed by atoms with Crippen LogP contribution in [-0.4, -0.2) is 17.6 Å². The van der Waals surface area contributed by atoms with Crippen molar-refractivity contribution < 1.29 is 22.7 Å². The number of nitrogens with zero attached hydrogens (tertiary/aromatic N) is 1. The molecule has 0 radical (unpaired) electrons. The number of hydrogen-bond donors (Lipinski definition) is 1. The second-order valence-corrected chi connectivity index (χ2v) is 7.41. The van der Waals surface area contributed by atoms with E-state index in [2.05, 4.69) is 4.98 Å². The predicted molar refractivity (Wildman–Crippen MR) is 102 cm³/mol. The number of alkyl halides is 3. The third-order valence-corrected chi connectivity index (χ3v) is 4.32. The standard InChI is InChI=1S/C21H25F3N2O2/c1-4-5-9-28-19(27)20(2,3)13-14-7-6-8-15(10-14)17-11-16(21(22,23)24)12-18(25)26-17/h6-8,10-12H,4-5,9,13H2,1-3H3,(H2,25,26). The Balaban J connectivity index is 2.25. The number of rotatable bonds is 7. The SMILES string of the molecule is CCCCOC(=O)C(C)(C)Cc1cccc(-c2cc(C(F)(F)F)cc(N)n2)c1. The summed E-state index contributed by atoms with van der Waals surface area (Å²) in [6.45, 7) is 5.97. The van der Waals surface area contributed by atoms with Crippen molar-refractivity contribution in [3.63, 3.8) is 0 Å². The van der Waals surface area contributed by atoms with E-state index in [1.807, 2.05) is 13.0 Å². The highest BCUT2D eigenvalue weighted by Gasteiger charge is 2.32. The molecule has 0 bridgehead atoms. The number of aromatic nitrogens is 1. The smallest absolute Gasteiger partial charge is 0.416 e. The van der Waals surface area contributed by atoms with Crippen LogP contribution in [0.4, 0.5) is 19.0 Å². The van der Waals surface area contributed by atoms with Crippen LogP contribution in [0.15, 0.2) is 36.4 Å². The molecule has 4 nitrogen and oxygen atoms in total. The van der Waals surface area contributed by atoms with E-state index in [-0.39, 0.29) is 17.5 Å². The van der Waals surface area contributed by atoms with E-state index in [0.29, 0.717) is 18.6 Å². The Morgan fingerprint density at radius 3 is 2.54 bits per heavy atom. The third-order valence-electron chi connectivity index (χ3n) is 4.32. The van der Waals surface area contributed by atoms with Crippen LogP contribution in [0.3, 0.4) is 0 Å². The summed E-state index contributed by atoms with van der Waals surface area (Å²) in [5.74, 6) is -0.497. The average Bonchev–Trinajstić information content (AvgIpc) is 2.60. The van der Waals surface area contributed by atoms with Crippen molar-refractivity contribution in [3.05, 3.63) is 47.5 Å². The maximum atomic E-state index is 13.0. The monoisotopic (exact) mass is 394 g/mol. The molecule has 0 aliphatic rings. The van der Waals surface area contributed by atoms with Gasteiger partial charge in [-0.05, 0) is 50.5 Å². The van der Waals surface area contributed by atoms with Gasteiger partial charge in [0.05, 0.1) is 23.3 Å². The van der Waals surface area contributed by atoms with Crippen molar-refractivity contribution >= 4 is 11.8 Å². The van der Waals surface area contributed by atoms with Crippen molar-refractivity contribution in [2.75, 3.05) is 12.3 Å². The normalized spacial score (nSPS) is 12.1. The van der Waals surface area contributed by atoms with Crippen LogP contribution >= 0.6 is 0 Å². The molecule has 2 rings (SSSR count). The summed E-state index contributed by atoms with van der Waals surface area (Å²) < 4.78 is 44.5. The van der Waals surface area contributed by atoms with Gasteiger partial charge in [-0.15, -0.1) is 0 Å². The topological polar surface area (TPSA) is 65.2 Å². The van der Waals surface area contributed by atoms with Gasteiger partial charge in [0.25, 0.3) is 0 Å². The summed E-state index contributed by atoms with van der Waals surface area (Å²) in [5.41, 5.74) is 5.39. The molecular weight excluding hydrogens is 369 g/mol. The first-order valence-corrected chi connectivity index (χ1v) is 9.14. The molecule has 1 aromatic heterocycles. The van der Waals surface area contributed by atoms with E-state index in [1.54, 1.807) is 32.0 Å². The fraction of sp³-hybridized carbons (Fsp3) is 0.429. The molecule has 0 aliphatic carbocycles. The van der Waals surface area contributed by atoms with Crippen LogP contribution in [0, 0.1) is 5.41 Å². The van der Waals surface area contributed by atoms with E-state index in [1.165, 1.54) is 0 Å². The lowest BCUT2D eigenvalue weighted by molar-refractivity contribution is -0.154. The van der Waals surface area contributed by atoms with Crippen molar-refractivity contribution in [2.24, 2.45) is 5.41 Å². The number of nitrogens with two attached hydrogens (primary N) is 1. The number of halogens is 3. The number of esters is 1. The molecule has 0 saturated heterocycles. The van der Waals surface area contributed by atoms with Crippen LogP contribution < -0.4 is 5.73 Å². The average molecular weight is 394 g/mol. The second kappa shape index (κ2) is 8.63. The number of benzene rings is 1. The number of pyridine rings is 1. The Kier molecular flexibility index (Phi) is 6.69. The summed E-state index contributed by atoms with van der Waals surface area (Å²) in [5, 5.41) is 0. The zero-order valence-corrected chi connectivity index (χ0v) is 16.3. The number of anilines is 1. The van der Waals surface area contributed by atoms with Gasteiger partial charge in [0.15, 0.2) is 0 Å². The summed E-state index contributed by atoms with van der Waals surface area (Å²) in [4.78, 5) is 16.3. The number of hydrogen-bond acceptors (Lipinski definition) is 4. The van der Waals surface area contributed by atoms with Crippen LogP contribution in [0.1, 0.15) is 44.7 Å². The summed E-state index contributed by atoms with van der Waals surface area (Å²) >= 11 is 0. The molecule has 2 N–H and O–H groups in total. The summed E-state index contributed by atoms with van der Waals surface area (Å²) in [6.07, 6.45) is -2.38. The second-order valence-electron chi connectivity index (χ2n) is 7.41. The van der Waals surface area contributed by atoms with E-state index in [0.717, 1.165) is 30.5 Å². The molecule has 0 saturated carbocycles. The van der Waals surface area contributed by atoms with Gasteiger partial charge in [0.1, 0.15) is 5.82 Å². The first-order valence-electron chi connectivity index (χ1n) is 9.14. The lowest BCUT2D eigenvalue weighted by Crippen LogP contribution is -2.29. The van der Waals surface area contributed by atoms with E-state index in [4.69, 9.17) is 10.5 Å². The Morgan fingerprint density at radius 2 is 1.89 bits per heavy atom. The zero-order valence-electron chi connectivity index (χ0n) is 16.3. The Hall–Kier alpha value is -2.57. The summed E-state index contributed by atoms with van der Waals surface area (Å²) in [6, 6.07) is 8.71. The van der Waals surface area contributed by atoms with Gasteiger partial charge in [-0.25, -0.2) is 4.98 Å². The van der Waals surface area contributed by atoms with E-state index >= 15 is 0 Å². The Bertz CT molecular complexity index is 833. The first-order chi connectivity index (χ1) is 13.0. The van der Waals surface area contributed by atoms with Gasteiger partial charge < -0.3 is 10.5 Å². The molecule has 0 aliphatic heterocycles. The van der Waals surface area contributed by atoms with E-state index in [9.17, 15) is 18.0 Å². The van der Waals surface area contributed by atoms with Crippen molar-refractivity contribution in [1.82, 2.24) is 4.98 Å². The Morgan fingerprint density at radius 1 is 1.18 bits per heavy atom. The minimum atomic E-state index is -4.51. The van der Waals surface area contributed by atoms with Gasteiger partial charge >= 0.3 is 12.1 Å². The minimum Gasteiger partial charge on any atom is -0.465 e. The number of carbonyl (C=O) groups is 1. The fourth-order valence-electron chi connectivity index (χ4n) is 2.79. The highest BCUT2D eigenvalue weighted by Crippen LogP contribution is 2.33. The molecule has 1 aromatic carbocycles. The number of nitrogen functional groups attached to an aromatic ring is 1. The van der Waals surface area contributed by atoms with E-state index < -0.39 is 17.2 Å². The lowest BCUT2D eigenvalue weighted by Gasteiger charge is -2.23. The molecule has 152 valence electrons. The van der Waals surface area contributed by atoms with Crippen molar-refractivity contribution in [1.29, 1.82) is 0 Å². The molecule has 28 heavy (non-hydrogen) atoms. The van der Waals surface area contributed by atoms with Crippen LogP contribution in [0.5, 0.6) is 0 Å². The molecule has 1 heterocycles. The maximum Gasteiger partial charge on any atom is 0.416 e. The van der Waals surface area contributed by atoms with Crippen molar-refractivity contribution in [3.8, 4) is 11.3 Å². The van der Waals surface area contributed by atoms with Gasteiger partial charge in [-0.3, -0.25) is 4.79 Å². The van der Waals surface area contributed by atoms with Crippen molar-refractivity contribution in [2.45, 2.75) is 46.2 Å². The molecule has 0 amide bonds. The third kappa shape index (κ3) is 5.71. The number of carbonyl (C=O) groups excluding carboxylic acids is 1. The van der Waals surface area contributed by atoms with Crippen LogP contribution in [-0.2, 0) is 22.1 Å². The minimum absolute atomic E-state index is 0.137. The highest BCUT2D eigenvalue weighted by atomic mass is 19.4. The van der Waals surface area contributed by atoms with Gasteiger partial charge in [0.2, 0.25) is 0 Å². The summed E-state index contributed by atoms with van der Waals surface area (Å²) in [7, 11) is 0.